The van der Waals surface area contributed by atoms with Crippen LogP contribution in [-0.2, 0) is 0 Å². The molecule has 2 heterocycles. The Kier molecular flexibility index (Phi) is 1.88. The molecule has 96 valence electrons. The van der Waals surface area contributed by atoms with Gasteiger partial charge in [0.05, 0.1) is 12.1 Å². The number of nitriles is 1. The Balaban J connectivity index is 1.49. The molecule has 5 aliphatic rings. The predicted octanol–water partition coefficient (Wildman–Crippen LogP) is 0.532. The fraction of sp³-hybridized carbons (Fsp3) is 0.846. The summed E-state index contributed by atoms with van der Waals surface area (Å²) in [6.45, 7) is 3.58. The highest BCUT2D eigenvalue weighted by atomic mass is 16.2. The van der Waals surface area contributed by atoms with Crippen molar-refractivity contribution in [1.29, 1.82) is 5.26 Å². The number of carbonyl (C=O) groups excluding carboxylic acids is 1. The van der Waals surface area contributed by atoms with Gasteiger partial charge in [0.2, 0.25) is 0 Å². The van der Waals surface area contributed by atoms with Crippen LogP contribution in [0.25, 0.3) is 0 Å². The molecule has 1 atom stereocenters. The van der Waals surface area contributed by atoms with Gasteiger partial charge in [-0.25, -0.2) is 4.79 Å². The molecule has 0 aromatic heterocycles. The number of nitrogens with zero attached hydrogens (tertiary/aromatic N) is 3. The summed E-state index contributed by atoms with van der Waals surface area (Å²) in [6, 6.07) is 2.90. The summed E-state index contributed by atoms with van der Waals surface area (Å²) in [5.41, 5.74) is 0.404. The lowest BCUT2D eigenvalue weighted by molar-refractivity contribution is -0.196. The zero-order valence-corrected chi connectivity index (χ0v) is 10.5. The molecule has 2 amide bonds. The Morgan fingerprint density at radius 3 is 2.89 bits per heavy atom. The van der Waals surface area contributed by atoms with Crippen molar-refractivity contribution in [3.8, 4) is 6.07 Å². The van der Waals surface area contributed by atoms with E-state index in [0.29, 0.717) is 12.5 Å². The maximum absolute atomic E-state index is 12.4. The van der Waals surface area contributed by atoms with Crippen LogP contribution in [0, 0.1) is 16.7 Å². The van der Waals surface area contributed by atoms with Crippen LogP contribution in [0.1, 0.15) is 25.7 Å². The van der Waals surface area contributed by atoms with Crippen molar-refractivity contribution in [1.82, 2.24) is 15.1 Å². The van der Waals surface area contributed by atoms with Crippen molar-refractivity contribution in [2.24, 2.45) is 5.41 Å². The van der Waals surface area contributed by atoms with Crippen molar-refractivity contribution in [3.63, 3.8) is 0 Å². The van der Waals surface area contributed by atoms with Crippen LogP contribution < -0.4 is 5.32 Å². The van der Waals surface area contributed by atoms with Gasteiger partial charge in [-0.2, -0.15) is 5.26 Å². The van der Waals surface area contributed by atoms with Gasteiger partial charge in [-0.05, 0) is 24.7 Å². The van der Waals surface area contributed by atoms with E-state index >= 15 is 0 Å². The van der Waals surface area contributed by atoms with Gasteiger partial charge in [0.15, 0.2) is 0 Å². The fourth-order valence-electron chi connectivity index (χ4n) is 4.60. The minimum absolute atomic E-state index is 0.130. The number of nitrogens with one attached hydrogen (secondary N) is 1. The monoisotopic (exact) mass is 246 g/mol. The van der Waals surface area contributed by atoms with E-state index in [2.05, 4.69) is 16.3 Å². The van der Waals surface area contributed by atoms with Gasteiger partial charge >= 0.3 is 6.03 Å². The molecular formula is C13H18N4O. The Morgan fingerprint density at radius 1 is 1.44 bits per heavy atom. The normalized spacial score (nSPS) is 45.1. The largest absolute Gasteiger partial charge is 0.320 e. The summed E-state index contributed by atoms with van der Waals surface area (Å²) in [5.74, 6) is 0. The number of urea groups is 1. The molecule has 2 aliphatic heterocycles. The van der Waals surface area contributed by atoms with Gasteiger partial charge in [-0.15, -0.1) is 0 Å². The quantitative estimate of drug-likeness (QED) is 0.773. The van der Waals surface area contributed by atoms with E-state index < -0.39 is 0 Å². The molecule has 2 bridgehead atoms. The van der Waals surface area contributed by atoms with Crippen molar-refractivity contribution in [2.45, 2.75) is 37.3 Å². The first-order valence-corrected chi connectivity index (χ1v) is 6.84. The minimum Gasteiger partial charge on any atom is -0.317 e. The predicted molar refractivity (Wildman–Crippen MR) is 64.7 cm³/mol. The first-order chi connectivity index (χ1) is 8.68. The Labute approximate surface area is 107 Å². The molecule has 5 rings (SSSR count). The van der Waals surface area contributed by atoms with Crippen LogP contribution in [0.3, 0.4) is 0 Å². The third-order valence-electron chi connectivity index (χ3n) is 5.36. The zero-order chi connectivity index (χ0) is 12.4. The number of carbonyl (C=O) groups is 1. The molecular weight excluding hydrogens is 228 g/mol. The third kappa shape index (κ3) is 1.12. The smallest absolute Gasteiger partial charge is 0.317 e. The Hall–Kier alpha value is -1.28. The second-order valence-corrected chi connectivity index (χ2v) is 6.53. The summed E-state index contributed by atoms with van der Waals surface area (Å²) < 4.78 is 0. The number of hydrogen-bond acceptors (Lipinski definition) is 3. The van der Waals surface area contributed by atoms with Crippen LogP contribution in [0.5, 0.6) is 0 Å². The maximum Gasteiger partial charge on any atom is 0.320 e. The SMILES string of the molecule is N#CCC12CC(N3CC4CNCCN4C3=O)(C1)C2. The van der Waals surface area contributed by atoms with E-state index in [1.807, 2.05) is 4.90 Å². The first-order valence-electron chi connectivity index (χ1n) is 6.84. The van der Waals surface area contributed by atoms with Gasteiger partial charge in [0.1, 0.15) is 0 Å². The van der Waals surface area contributed by atoms with Gasteiger partial charge < -0.3 is 15.1 Å². The number of amides is 2. The van der Waals surface area contributed by atoms with Gasteiger partial charge in [-0.1, -0.05) is 0 Å². The van der Waals surface area contributed by atoms with E-state index in [4.69, 9.17) is 5.26 Å². The topological polar surface area (TPSA) is 59.4 Å². The molecule has 5 heteroatoms. The van der Waals surface area contributed by atoms with Crippen molar-refractivity contribution in [3.05, 3.63) is 0 Å². The molecule has 3 saturated carbocycles. The van der Waals surface area contributed by atoms with Crippen LogP contribution >= 0.6 is 0 Å². The van der Waals surface area contributed by atoms with E-state index in [-0.39, 0.29) is 17.0 Å². The third-order valence-corrected chi connectivity index (χ3v) is 5.36. The Bertz CT molecular complexity index is 435. The molecule has 0 spiro atoms. The minimum atomic E-state index is 0.130. The zero-order valence-electron chi connectivity index (χ0n) is 10.5. The summed E-state index contributed by atoms with van der Waals surface area (Å²) in [4.78, 5) is 16.6. The fourth-order valence-corrected chi connectivity index (χ4v) is 4.60. The number of piperazine rings is 1. The van der Waals surface area contributed by atoms with Gasteiger partial charge in [-0.3, -0.25) is 0 Å². The highest BCUT2D eigenvalue weighted by molar-refractivity contribution is 5.79. The van der Waals surface area contributed by atoms with E-state index in [1.165, 1.54) is 0 Å². The van der Waals surface area contributed by atoms with Crippen LogP contribution in [-0.4, -0.2) is 53.6 Å². The lowest BCUT2D eigenvalue weighted by Gasteiger charge is -2.72. The average molecular weight is 246 g/mol. The lowest BCUT2D eigenvalue weighted by Crippen LogP contribution is -2.74. The molecule has 1 unspecified atom stereocenters. The van der Waals surface area contributed by atoms with Crippen molar-refractivity contribution < 1.29 is 4.79 Å². The van der Waals surface area contributed by atoms with Gasteiger partial charge in [0, 0.05) is 38.1 Å². The van der Waals surface area contributed by atoms with Gasteiger partial charge in [0.25, 0.3) is 0 Å². The average Bonchev–Trinajstić information content (AvgIpc) is 2.60. The first kappa shape index (κ1) is 10.6. The molecule has 1 N–H and O–H groups in total. The van der Waals surface area contributed by atoms with E-state index in [9.17, 15) is 4.79 Å². The number of fused-ring (bicyclic) bond motifs is 1. The summed E-state index contributed by atoms with van der Waals surface area (Å²) >= 11 is 0. The second-order valence-electron chi connectivity index (χ2n) is 6.53. The molecule has 0 aromatic rings. The molecule has 3 aliphatic carbocycles. The number of rotatable bonds is 2. The molecule has 2 saturated heterocycles. The van der Waals surface area contributed by atoms with E-state index in [1.54, 1.807) is 0 Å². The summed E-state index contributed by atoms with van der Waals surface area (Å²) in [6.07, 6.45) is 3.86. The maximum atomic E-state index is 12.4. The standard InChI is InChI=1S/C13H18N4O/c14-2-1-12-7-13(8-12,9-12)17-6-10-5-15-3-4-16(10)11(17)18/h10,15H,1,3-9H2. The highest BCUT2D eigenvalue weighted by Gasteiger charge is 2.72. The second kappa shape index (κ2) is 3.18. The lowest BCUT2D eigenvalue weighted by atomic mass is 9.38. The molecule has 0 radical (unpaired) electrons. The van der Waals surface area contributed by atoms with Crippen molar-refractivity contribution in [2.75, 3.05) is 26.2 Å². The highest BCUT2D eigenvalue weighted by Crippen LogP contribution is 2.71. The molecule has 5 fully saturated rings. The molecule has 5 nitrogen and oxygen atoms in total. The summed E-state index contributed by atoms with van der Waals surface area (Å²) in [5, 5.41) is 12.2. The van der Waals surface area contributed by atoms with E-state index in [0.717, 1.165) is 45.4 Å². The molecule has 0 aromatic carbocycles. The van der Waals surface area contributed by atoms with Crippen LogP contribution in [0.2, 0.25) is 0 Å². The van der Waals surface area contributed by atoms with Crippen LogP contribution in [0.4, 0.5) is 4.79 Å². The summed E-state index contributed by atoms with van der Waals surface area (Å²) in [7, 11) is 0. The molecule has 18 heavy (non-hydrogen) atoms. The Morgan fingerprint density at radius 2 is 2.22 bits per heavy atom. The van der Waals surface area contributed by atoms with Crippen LogP contribution in [0.15, 0.2) is 0 Å². The van der Waals surface area contributed by atoms with Crippen molar-refractivity contribution >= 4 is 6.03 Å². The number of hydrogen-bond donors (Lipinski definition) is 1.